The minimum absolute atomic E-state index is 0.119. The first-order valence-electron chi connectivity index (χ1n) is 9.93. The Morgan fingerprint density at radius 3 is 1.83 bits per heavy atom. The van der Waals surface area contributed by atoms with Gasteiger partial charge in [0.1, 0.15) is 5.22 Å². The van der Waals surface area contributed by atoms with E-state index in [9.17, 15) is 0 Å². The molecule has 0 aromatic carbocycles. The van der Waals surface area contributed by atoms with Gasteiger partial charge in [-0.05, 0) is 65.6 Å². The molecule has 1 aliphatic heterocycles. The fourth-order valence-electron chi connectivity index (χ4n) is 3.57. The zero-order valence-corrected chi connectivity index (χ0v) is 17.6. The number of unbranched alkanes of at least 4 members (excludes halogenated alkanes) is 2. The van der Waals surface area contributed by atoms with Crippen LogP contribution in [0, 0.1) is 0 Å². The van der Waals surface area contributed by atoms with Crippen molar-refractivity contribution in [1.82, 2.24) is 0 Å². The second-order valence-corrected chi connectivity index (χ2v) is 9.74. The molecule has 0 aromatic heterocycles. The van der Waals surface area contributed by atoms with Crippen LogP contribution < -0.4 is 11.5 Å². The van der Waals surface area contributed by atoms with Gasteiger partial charge >= 0.3 is 8.56 Å². The number of rotatable bonds is 11. The fourth-order valence-corrected chi connectivity index (χ4v) is 8.04. The molecule has 1 saturated heterocycles. The van der Waals surface area contributed by atoms with Gasteiger partial charge in [0.2, 0.25) is 0 Å². The van der Waals surface area contributed by atoms with E-state index in [-0.39, 0.29) is 5.22 Å². The van der Waals surface area contributed by atoms with Gasteiger partial charge in [-0.1, -0.05) is 26.2 Å². The summed E-state index contributed by atoms with van der Waals surface area (Å²) in [7, 11) is -2.21. The first kappa shape index (κ1) is 24.0. The van der Waals surface area contributed by atoms with E-state index in [1.165, 1.54) is 19.3 Å². The molecule has 1 aliphatic rings. The van der Waals surface area contributed by atoms with Crippen molar-refractivity contribution in [1.29, 1.82) is 0 Å². The zero-order chi connectivity index (χ0) is 18.3. The van der Waals surface area contributed by atoms with E-state index < -0.39 is 8.56 Å². The zero-order valence-electron chi connectivity index (χ0n) is 16.6. The molecule has 1 unspecified atom stereocenters. The first-order chi connectivity index (χ1) is 11.6. The third-order valence-corrected chi connectivity index (χ3v) is 9.34. The Kier molecular flexibility index (Phi) is 14.2. The van der Waals surface area contributed by atoms with Crippen molar-refractivity contribution in [2.75, 3.05) is 32.9 Å². The Morgan fingerprint density at radius 1 is 0.833 bits per heavy atom. The molecule has 0 spiro atoms. The summed E-state index contributed by atoms with van der Waals surface area (Å²) in [5.41, 5.74) is 10.5. The van der Waals surface area contributed by atoms with Crippen LogP contribution in [0.3, 0.4) is 0 Å². The van der Waals surface area contributed by atoms with E-state index in [1.54, 1.807) is 0 Å². The molecule has 0 aromatic rings. The van der Waals surface area contributed by atoms with E-state index in [0.29, 0.717) is 0 Å². The average Bonchev–Trinajstić information content (AvgIpc) is 2.59. The number of hydrogen-bond donors (Lipinski definition) is 2. The lowest BCUT2D eigenvalue weighted by atomic mass is 10.1. The van der Waals surface area contributed by atoms with E-state index in [1.807, 2.05) is 0 Å². The largest absolute Gasteiger partial charge is 0.393 e. The highest BCUT2D eigenvalue weighted by Crippen LogP contribution is 2.42. The Labute approximate surface area is 151 Å². The van der Waals surface area contributed by atoms with Crippen molar-refractivity contribution in [2.45, 2.75) is 83.9 Å². The molecule has 0 bridgehead atoms. The van der Waals surface area contributed by atoms with Crippen LogP contribution in [-0.2, 0) is 13.6 Å². The average molecular weight is 363 g/mol. The van der Waals surface area contributed by atoms with Crippen LogP contribution in [0.1, 0.15) is 72.6 Å². The molecule has 146 valence electrons. The third kappa shape index (κ3) is 7.10. The SMILES string of the molecule is CCOC1(CC)CCCC[Si]1(OCC)OCC.NCCCCCN. The Hall–Kier alpha value is 0.0169. The van der Waals surface area contributed by atoms with Crippen LogP contribution in [0.5, 0.6) is 0 Å². The molecule has 1 atom stereocenters. The summed E-state index contributed by atoms with van der Waals surface area (Å²) in [6.45, 7) is 12.2. The standard InChI is InChI=1S/C13H28O3Si.C5H14N2/c1-5-13(14-6-2)11-9-10-12-17(13,15-7-3)16-8-4;6-4-2-1-3-5-7/h5-12H2,1-4H3;1-7H2. The van der Waals surface area contributed by atoms with Crippen molar-refractivity contribution < 1.29 is 13.6 Å². The van der Waals surface area contributed by atoms with Gasteiger partial charge in [0.25, 0.3) is 0 Å². The van der Waals surface area contributed by atoms with Gasteiger partial charge in [-0.3, -0.25) is 0 Å². The van der Waals surface area contributed by atoms with Crippen LogP contribution >= 0.6 is 0 Å². The molecule has 1 fully saturated rings. The first-order valence-corrected chi connectivity index (χ1v) is 12.0. The highest BCUT2D eigenvalue weighted by Gasteiger charge is 2.58. The van der Waals surface area contributed by atoms with Crippen molar-refractivity contribution in [3.8, 4) is 0 Å². The molecule has 0 saturated carbocycles. The maximum atomic E-state index is 6.16. The van der Waals surface area contributed by atoms with Gasteiger partial charge in [-0.15, -0.1) is 0 Å². The normalized spacial score (nSPS) is 22.8. The Morgan fingerprint density at radius 2 is 1.42 bits per heavy atom. The van der Waals surface area contributed by atoms with E-state index in [4.69, 9.17) is 25.1 Å². The second-order valence-electron chi connectivity index (χ2n) is 6.24. The molecule has 4 N–H and O–H groups in total. The van der Waals surface area contributed by atoms with Gasteiger partial charge in [0, 0.05) is 19.8 Å². The van der Waals surface area contributed by atoms with E-state index in [0.717, 1.165) is 64.6 Å². The number of ether oxygens (including phenoxy) is 1. The molecular weight excluding hydrogens is 320 g/mol. The van der Waals surface area contributed by atoms with Crippen molar-refractivity contribution in [3.63, 3.8) is 0 Å². The molecule has 6 heteroatoms. The van der Waals surface area contributed by atoms with Crippen LogP contribution in [0.2, 0.25) is 6.04 Å². The quantitative estimate of drug-likeness (QED) is 0.434. The Bertz CT molecular complexity index is 276. The van der Waals surface area contributed by atoms with Gasteiger partial charge < -0.3 is 25.1 Å². The van der Waals surface area contributed by atoms with E-state index >= 15 is 0 Å². The van der Waals surface area contributed by atoms with Crippen molar-refractivity contribution in [3.05, 3.63) is 0 Å². The summed E-state index contributed by atoms with van der Waals surface area (Å²) in [6.07, 6.45) is 8.00. The van der Waals surface area contributed by atoms with E-state index in [2.05, 4.69) is 27.7 Å². The maximum absolute atomic E-state index is 6.16. The molecular formula is C18H42N2O3Si. The lowest BCUT2D eigenvalue weighted by Crippen LogP contribution is -2.65. The summed E-state index contributed by atoms with van der Waals surface area (Å²) in [6, 6.07) is 1.09. The van der Waals surface area contributed by atoms with Crippen LogP contribution in [0.15, 0.2) is 0 Å². The number of nitrogens with two attached hydrogens (primary N) is 2. The van der Waals surface area contributed by atoms with Crippen molar-refractivity contribution >= 4 is 8.56 Å². The van der Waals surface area contributed by atoms with Gasteiger partial charge in [-0.25, -0.2) is 0 Å². The lowest BCUT2D eigenvalue weighted by Gasteiger charge is -2.49. The number of hydrogen-bond acceptors (Lipinski definition) is 5. The highest BCUT2D eigenvalue weighted by atomic mass is 28.4. The topological polar surface area (TPSA) is 79.7 Å². The monoisotopic (exact) mass is 362 g/mol. The smallest absolute Gasteiger partial charge is 0.371 e. The molecule has 0 amide bonds. The maximum Gasteiger partial charge on any atom is 0.371 e. The predicted molar refractivity (Wildman–Crippen MR) is 104 cm³/mol. The summed E-state index contributed by atoms with van der Waals surface area (Å²) < 4.78 is 18.5. The van der Waals surface area contributed by atoms with Gasteiger partial charge in [0.05, 0.1) is 0 Å². The fraction of sp³-hybridized carbons (Fsp3) is 1.00. The van der Waals surface area contributed by atoms with Gasteiger partial charge in [0.15, 0.2) is 0 Å². The molecule has 0 aliphatic carbocycles. The lowest BCUT2D eigenvalue weighted by molar-refractivity contribution is -0.0426. The van der Waals surface area contributed by atoms with Crippen molar-refractivity contribution in [2.24, 2.45) is 11.5 Å². The summed E-state index contributed by atoms with van der Waals surface area (Å²) >= 11 is 0. The van der Waals surface area contributed by atoms with Crippen LogP contribution in [0.25, 0.3) is 0 Å². The Balaban J connectivity index is 0.000000640. The summed E-state index contributed by atoms with van der Waals surface area (Å²) in [5.74, 6) is 0. The molecule has 1 heterocycles. The van der Waals surface area contributed by atoms with Crippen LogP contribution in [0.4, 0.5) is 0 Å². The highest BCUT2D eigenvalue weighted by molar-refractivity contribution is 6.70. The minimum atomic E-state index is -2.21. The third-order valence-electron chi connectivity index (χ3n) is 4.69. The molecule has 1 rings (SSSR count). The molecule has 0 radical (unpaired) electrons. The molecule has 24 heavy (non-hydrogen) atoms. The second kappa shape index (κ2) is 14.2. The summed E-state index contributed by atoms with van der Waals surface area (Å²) in [5, 5.41) is -0.119. The molecule has 5 nitrogen and oxygen atoms in total. The minimum Gasteiger partial charge on any atom is -0.393 e. The summed E-state index contributed by atoms with van der Waals surface area (Å²) in [4.78, 5) is 0. The predicted octanol–water partition coefficient (Wildman–Crippen LogP) is 3.48. The van der Waals surface area contributed by atoms with Gasteiger partial charge in [-0.2, -0.15) is 0 Å². The van der Waals surface area contributed by atoms with Crippen LogP contribution in [-0.4, -0.2) is 46.7 Å².